The molecule has 0 saturated carbocycles. The van der Waals surface area contributed by atoms with Gasteiger partial charge in [0.05, 0.1) is 6.54 Å². The van der Waals surface area contributed by atoms with Crippen LogP contribution < -0.4 is 5.32 Å². The molecule has 0 radical (unpaired) electrons. The second-order valence-corrected chi connectivity index (χ2v) is 6.76. The Kier molecular flexibility index (Phi) is 4.30. The summed E-state index contributed by atoms with van der Waals surface area (Å²) in [4.78, 5) is 19.0. The molecule has 2 atom stereocenters. The molecule has 1 N–H and O–H groups in total. The van der Waals surface area contributed by atoms with Crippen LogP contribution in [0.15, 0.2) is 36.9 Å². The number of carbonyl (C=O) groups excluding carboxylic acids is 1. The van der Waals surface area contributed by atoms with Crippen molar-refractivity contribution in [2.45, 2.75) is 44.3 Å². The van der Waals surface area contributed by atoms with Crippen LogP contribution in [0.3, 0.4) is 0 Å². The Morgan fingerprint density at radius 2 is 2.04 bits per heavy atom. The number of carbonyl (C=O) groups is 1. The van der Waals surface area contributed by atoms with Crippen molar-refractivity contribution in [3.8, 4) is 0 Å². The van der Waals surface area contributed by atoms with Gasteiger partial charge < -0.3 is 5.32 Å². The number of amides is 1. The first kappa shape index (κ1) is 15.3. The third kappa shape index (κ3) is 3.19. The highest BCUT2D eigenvalue weighted by molar-refractivity contribution is 5.94. The monoisotopic (exact) mass is 325 g/mol. The summed E-state index contributed by atoms with van der Waals surface area (Å²) >= 11 is 0. The molecule has 6 heteroatoms. The largest absolute Gasteiger partial charge is 0.348 e. The third-order valence-electron chi connectivity index (χ3n) is 5.20. The van der Waals surface area contributed by atoms with Crippen LogP contribution in [-0.2, 0) is 6.54 Å². The average molecular weight is 325 g/mol. The number of benzene rings is 1. The van der Waals surface area contributed by atoms with E-state index in [-0.39, 0.29) is 5.91 Å². The first-order valence-corrected chi connectivity index (χ1v) is 8.76. The van der Waals surface area contributed by atoms with Crippen molar-refractivity contribution in [3.63, 3.8) is 0 Å². The number of nitrogens with zero attached hydrogens (tertiary/aromatic N) is 4. The fourth-order valence-electron chi connectivity index (χ4n) is 3.93. The molecule has 24 heavy (non-hydrogen) atoms. The summed E-state index contributed by atoms with van der Waals surface area (Å²) in [6, 6.07) is 8.60. The second-order valence-electron chi connectivity index (χ2n) is 6.76. The third-order valence-corrected chi connectivity index (χ3v) is 5.20. The van der Waals surface area contributed by atoms with Crippen LogP contribution in [0.1, 0.15) is 41.6 Å². The van der Waals surface area contributed by atoms with Crippen LogP contribution in [0, 0.1) is 0 Å². The molecule has 2 fully saturated rings. The van der Waals surface area contributed by atoms with Crippen molar-refractivity contribution >= 4 is 5.91 Å². The van der Waals surface area contributed by atoms with Crippen LogP contribution in [0.2, 0.25) is 0 Å². The number of aromatic nitrogens is 3. The van der Waals surface area contributed by atoms with E-state index in [1.54, 1.807) is 11.0 Å². The molecule has 2 saturated heterocycles. The summed E-state index contributed by atoms with van der Waals surface area (Å²) in [6.45, 7) is 2.97. The maximum absolute atomic E-state index is 12.5. The summed E-state index contributed by atoms with van der Waals surface area (Å²) in [7, 11) is 0. The molecule has 0 bridgehead atoms. The van der Waals surface area contributed by atoms with Crippen LogP contribution in [0.5, 0.6) is 0 Å². The van der Waals surface area contributed by atoms with Crippen molar-refractivity contribution in [3.05, 3.63) is 48.0 Å². The lowest BCUT2D eigenvalue weighted by Crippen LogP contribution is -2.46. The molecular formula is C18H23N5O. The maximum Gasteiger partial charge on any atom is 0.251 e. The molecule has 1 aromatic carbocycles. The molecule has 1 aromatic heterocycles. The molecule has 0 aliphatic carbocycles. The van der Waals surface area contributed by atoms with Gasteiger partial charge in [0, 0.05) is 24.2 Å². The SMILES string of the molecule is O=C(N[C@@H]1CCN2CCCC[C@H]12)c1ccc(Cn2cncn2)cc1. The molecule has 2 aliphatic heterocycles. The molecule has 3 heterocycles. The highest BCUT2D eigenvalue weighted by Crippen LogP contribution is 2.27. The number of hydrogen-bond acceptors (Lipinski definition) is 4. The topological polar surface area (TPSA) is 63.1 Å². The van der Waals surface area contributed by atoms with E-state index in [1.807, 2.05) is 24.3 Å². The van der Waals surface area contributed by atoms with Crippen LogP contribution in [0.4, 0.5) is 0 Å². The lowest BCUT2D eigenvalue weighted by atomic mass is 9.98. The average Bonchev–Trinajstić information content (AvgIpc) is 3.26. The highest BCUT2D eigenvalue weighted by atomic mass is 16.1. The van der Waals surface area contributed by atoms with E-state index in [9.17, 15) is 4.79 Å². The summed E-state index contributed by atoms with van der Waals surface area (Å²) in [5.41, 5.74) is 1.84. The van der Waals surface area contributed by atoms with E-state index in [0.717, 1.165) is 24.1 Å². The van der Waals surface area contributed by atoms with E-state index >= 15 is 0 Å². The number of fused-ring (bicyclic) bond motifs is 1. The summed E-state index contributed by atoms with van der Waals surface area (Å²) in [6.07, 6.45) is 8.08. The van der Waals surface area contributed by atoms with Gasteiger partial charge in [-0.05, 0) is 43.5 Å². The fraction of sp³-hybridized carbons (Fsp3) is 0.500. The molecule has 126 valence electrons. The van der Waals surface area contributed by atoms with Gasteiger partial charge in [0.15, 0.2) is 0 Å². The Hall–Kier alpha value is -2.21. The zero-order chi connectivity index (χ0) is 16.4. The standard InChI is InChI=1S/C18H23N5O/c24-18(21-16-8-10-22-9-2-1-3-17(16)22)15-6-4-14(5-7-15)11-23-13-19-12-20-23/h4-7,12-13,16-17H,1-3,8-11H2,(H,21,24)/t16-,17-/m1/s1. The van der Waals surface area contributed by atoms with Crippen LogP contribution in [0.25, 0.3) is 0 Å². The van der Waals surface area contributed by atoms with Gasteiger partial charge >= 0.3 is 0 Å². The van der Waals surface area contributed by atoms with Crippen molar-refractivity contribution in [2.24, 2.45) is 0 Å². The lowest BCUT2D eigenvalue weighted by Gasteiger charge is -2.32. The molecule has 0 unspecified atom stereocenters. The van der Waals surface area contributed by atoms with Gasteiger partial charge in [-0.25, -0.2) is 9.67 Å². The molecule has 4 rings (SSSR count). The van der Waals surface area contributed by atoms with Crippen LogP contribution in [-0.4, -0.2) is 50.7 Å². The molecular weight excluding hydrogens is 302 g/mol. The van der Waals surface area contributed by atoms with Gasteiger partial charge in [-0.1, -0.05) is 18.6 Å². The Labute approximate surface area is 141 Å². The summed E-state index contributed by atoms with van der Waals surface area (Å²) < 4.78 is 1.77. The quantitative estimate of drug-likeness (QED) is 0.929. The summed E-state index contributed by atoms with van der Waals surface area (Å²) in [5.74, 6) is 0.0414. The van der Waals surface area contributed by atoms with Crippen molar-refractivity contribution in [2.75, 3.05) is 13.1 Å². The molecule has 2 aromatic rings. The van der Waals surface area contributed by atoms with E-state index in [2.05, 4.69) is 20.3 Å². The van der Waals surface area contributed by atoms with Gasteiger partial charge in [-0.3, -0.25) is 9.69 Å². The zero-order valence-electron chi connectivity index (χ0n) is 13.8. The van der Waals surface area contributed by atoms with Gasteiger partial charge in [0.2, 0.25) is 0 Å². The Morgan fingerprint density at radius 3 is 2.83 bits per heavy atom. The second kappa shape index (κ2) is 6.73. The molecule has 6 nitrogen and oxygen atoms in total. The zero-order valence-corrected chi connectivity index (χ0v) is 13.8. The number of hydrogen-bond donors (Lipinski definition) is 1. The van der Waals surface area contributed by atoms with E-state index in [1.165, 1.54) is 32.1 Å². The minimum Gasteiger partial charge on any atom is -0.348 e. The first-order valence-electron chi connectivity index (χ1n) is 8.76. The Balaban J connectivity index is 1.37. The normalized spacial score (nSPS) is 23.8. The number of piperidine rings is 1. The van der Waals surface area contributed by atoms with E-state index in [4.69, 9.17) is 0 Å². The first-order chi connectivity index (χ1) is 11.8. The maximum atomic E-state index is 12.5. The Bertz CT molecular complexity index is 682. The van der Waals surface area contributed by atoms with Crippen molar-refractivity contribution < 1.29 is 4.79 Å². The Morgan fingerprint density at radius 1 is 1.17 bits per heavy atom. The predicted octanol–water partition coefficient (Wildman–Crippen LogP) is 1.68. The van der Waals surface area contributed by atoms with Crippen molar-refractivity contribution in [1.29, 1.82) is 0 Å². The van der Waals surface area contributed by atoms with E-state index < -0.39 is 0 Å². The molecule has 1 amide bonds. The van der Waals surface area contributed by atoms with Gasteiger partial charge in [0.1, 0.15) is 12.7 Å². The van der Waals surface area contributed by atoms with Gasteiger partial charge in [-0.2, -0.15) is 5.10 Å². The molecule has 2 aliphatic rings. The molecule has 0 spiro atoms. The fourth-order valence-corrected chi connectivity index (χ4v) is 3.93. The van der Waals surface area contributed by atoms with Gasteiger partial charge in [-0.15, -0.1) is 0 Å². The van der Waals surface area contributed by atoms with Crippen molar-refractivity contribution in [1.82, 2.24) is 25.0 Å². The predicted molar refractivity (Wildman–Crippen MR) is 90.6 cm³/mol. The van der Waals surface area contributed by atoms with Gasteiger partial charge in [0.25, 0.3) is 5.91 Å². The smallest absolute Gasteiger partial charge is 0.251 e. The highest BCUT2D eigenvalue weighted by Gasteiger charge is 2.36. The minimum absolute atomic E-state index is 0.0414. The van der Waals surface area contributed by atoms with E-state index in [0.29, 0.717) is 18.6 Å². The summed E-state index contributed by atoms with van der Waals surface area (Å²) in [5, 5.41) is 7.35. The lowest BCUT2D eigenvalue weighted by molar-refractivity contribution is 0.0915. The number of rotatable bonds is 4. The minimum atomic E-state index is 0.0414. The number of nitrogens with one attached hydrogen (secondary N) is 1. The van der Waals surface area contributed by atoms with Crippen LogP contribution >= 0.6 is 0 Å².